The molecule has 1 aliphatic heterocycles. The number of nitrogens with one attached hydrogen (secondary N) is 2. The number of benzene rings is 2. The maximum absolute atomic E-state index is 9.78. The Morgan fingerprint density at radius 2 is 2.00 bits per heavy atom. The molecule has 0 spiro atoms. The van der Waals surface area contributed by atoms with Crippen LogP contribution in [0.15, 0.2) is 47.5 Å². The lowest BCUT2D eigenvalue weighted by atomic mass is 10.1. The van der Waals surface area contributed by atoms with Gasteiger partial charge in [0.25, 0.3) is 0 Å². The van der Waals surface area contributed by atoms with Gasteiger partial charge < -0.3 is 10.4 Å². The van der Waals surface area contributed by atoms with Crippen molar-refractivity contribution in [3.63, 3.8) is 0 Å². The molecule has 122 valence electrons. The molecule has 0 amide bonds. The summed E-state index contributed by atoms with van der Waals surface area (Å²) in [6.45, 7) is 5.75. The van der Waals surface area contributed by atoms with Crippen LogP contribution in [-0.4, -0.2) is 24.2 Å². The Labute approximate surface area is 142 Å². The van der Waals surface area contributed by atoms with E-state index in [0.717, 1.165) is 36.0 Å². The average Bonchev–Trinajstić information content (AvgIpc) is 2.98. The summed E-state index contributed by atoms with van der Waals surface area (Å²) in [5.41, 5.74) is 7.53. The number of phenolic OH excluding ortho intramolecular Hbond substituents is 1. The Balaban J connectivity index is 0.00000192. The number of guanidine groups is 1. The van der Waals surface area contributed by atoms with Crippen LogP contribution in [0, 0.1) is 13.8 Å². The number of rotatable bonds is 3. The number of nitrogens with zero attached hydrogens (tertiary/aromatic N) is 2. The minimum atomic E-state index is 0. The van der Waals surface area contributed by atoms with Gasteiger partial charge in [-0.25, -0.2) is 0 Å². The van der Waals surface area contributed by atoms with E-state index < -0.39 is 0 Å². The zero-order valence-electron chi connectivity index (χ0n) is 13.2. The van der Waals surface area contributed by atoms with Crippen molar-refractivity contribution in [2.75, 3.05) is 18.1 Å². The molecule has 5 nitrogen and oxygen atoms in total. The Hall–Kier alpha value is -2.40. The van der Waals surface area contributed by atoms with E-state index in [9.17, 15) is 5.11 Å². The molecule has 0 aromatic heterocycles. The van der Waals surface area contributed by atoms with Crippen LogP contribution in [0.1, 0.15) is 11.1 Å². The number of phenols is 1. The minimum absolute atomic E-state index is 0. The number of hydrazine groups is 1. The first-order chi connectivity index (χ1) is 10.6. The van der Waals surface area contributed by atoms with Gasteiger partial charge in [-0.15, -0.1) is 12.4 Å². The highest BCUT2D eigenvalue weighted by molar-refractivity contribution is 5.85. The minimum Gasteiger partial charge on any atom is -0.508 e. The first-order valence-electron chi connectivity index (χ1n) is 7.35. The maximum atomic E-state index is 9.78. The van der Waals surface area contributed by atoms with Crippen LogP contribution in [0.2, 0.25) is 0 Å². The van der Waals surface area contributed by atoms with Crippen molar-refractivity contribution in [1.82, 2.24) is 10.7 Å². The lowest BCUT2D eigenvalue weighted by Crippen LogP contribution is -2.44. The predicted molar refractivity (Wildman–Crippen MR) is 96.9 cm³/mol. The standard InChI is InChI=1S/C17H20N4O.ClH/c1-12-6-7-16(13(2)10-12)21(20-17-18-8-9-19-17)14-4-3-5-15(22)11-14;/h3-7,10-11,22H,8-9H2,1-2H3,(H2,18,19,20);1H. The quantitative estimate of drug-likeness (QED) is 0.756. The van der Waals surface area contributed by atoms with Gasteiger partial charge in [-0.1, -0.05) is 23.8 Å². The van der Waals surface area contributed by atoms with Gasteiger partial charge in [0, 0.05) is 12.6 Å². The van der Waals surface area contributed by atoms with E-state index in [1.807, 2.05) is 17.1 Å². The molecule has 3 N–H and O–H groups in total. The summed E-state index contributed by atoms with van der Waals surface area (Å²) in [5.74, 6) is 0.971. The molecule has 2 aromatic carbocycles. The molecule has 3 rings (SSSR count). The maximum Gasteiger partial charge on any atom is 0.210 e. The second-order valence-corrected chi connectivity index (χ2v) is 5.41. The van der Waals surface area contributed by atoms with Crippen molar-refractivity contribution < 1.29 is 5.11 Å². The van der Waals surface area contributed by atoms with Crippen LogP contribution in [0.5, 0.6) is 5.75 Å². The first-order valence-corrected chi connectivity index (χ1v) is 7.35. The fraction of sp³-hybridized carbons (Fsp3) is 0.235. The molecule has 6 heteroatoms. The average molecular weight is 333 g/mol. The van der Waals surface area contributed by atoms with Crippen molar-refractivity contribution in [1.29, 1.82) is 0 Å². The second-order valence-electron chi connectivity index (χ2n) is 5.41. The summed E-state index contributed by atoms with van der Waals surface area (Å²) < 4.78 is 0. The third kappa shape index (κ3) is 3.87. The van der Waals surface area contributed by atoms with Crippen LogP contribution in [0.25, 0.3) is 0 Å². The molecule has 0 aliphatic carbocycles. The molecule has 0 bridgehead atoms. The summed E-state index contributed by atoms with van der Waals surface area (Å²) in [4.78, 5) is 4.39. The van der Waals surface area contributed by atoms with Crippen LogP contribution in [0.3, 0.4) is 0 Å². The summed E-state index contributed by atoms with van der Waals surface area (Å²) in [7, 11) is 0. The van der Waals surface area contributed by atoms with Crippen LogP contribution < -0.4 is 15.8 Å². The number of aliphatic imine (C=N–C) groups is 1. The second kappa shape index (κ2) is 7.24. The third-order valence-corrected chi connectivity index (χ3v) is 3.57. The van der Waals surface area contributed by atoms with Gasteiger partial charge in [0.15, 0.2) is 0 Å². The number of hydrogen-bond acceptors (Lipinski definition) is 5. The Morgan fingerprint density at radius 1 is 1.17 bits per heavy atom. The zero-order chi connectivity index (χ0) is 15.5. The van der Waals surface area contributed by atoms with E-state index in [1.165, 1.54) is 5.56 Å². The third-order valence-electron chi connectivity index (χ3n) is 3.57. The molecule has 0 fully saturated rings. The molecular formula is C17H21ClN4O. The topological polar surface area (TPSA) is 59.9 Å². The first kappa shape index (κ1) is 17.0. The summed E-state index contributed by atoms with van der Waals surface area (Å²) in [6.07, 6.45) is 0. The lowest BCUT2D eigenvalue weighted by molar-refractivity contribution is 0.475. The number of anilines is 2. The van der Waals surface area contributed by atoms with E-state index in [4.69, 9.17) is 0 Å². The van der Waals surface area contributed by atoms with E-state index in [-0.39, 0.29) is 18.2 Å². The predicted octanol–water partition coefficient (Wildman–Crippen LogP) is 3.03. The smallest absolute Gasteiger partial charge is 0.210 e. The molecule has 0 atom stereocenters. The highest BCUT2D eigenvalue weighted by atomic mass is 35.5. The molecule has 1 heterocycles. The fourth-order valence-electron chi connectivity index (χ4n) is 2.53. The van der Waals surface area contributed by atoms with E-state index in [0.29, 0.717) is 0 Å². The van der Waals surface area contributed by atoms with Gasteiger partial charge in [0.1, 0.15) is 5.75 Å². The largest absolute Gasteiger partial charge is 0.508 e. The van der Waals surface area contributed by atoms with Gasteiger partial charge in [-0.3, -0.25) is 15.4 Å². The molecular weight excluding hydrogens is 312 g/mol. The van der Waals surface area contributed by atoms with Crippen molar-refractivity contribution >= 4 is 29.7 Å². The molecule has 0 saturated carbocycles. The molecule has 0 radical (unpaired) electrons. The molecule has 23 heavy (non-hydrogen) atoms. The van der Waals surface area contributed by atoms with Gasteiger partial charge in [-0.05, 0) is 37.6 Å². The van der Waals surface area contributed by atoms with E-state index in [2.05, 4.69) is 47.8 Å². The Morgan fingerprint density at radius 3 is 2.65 bits per heavy atom. The molecule has 0 saturated heterocycles. The number of aromatic hydroxyl groups is 1. The molecule has 1 aliphatic rings. The normalized spacial score (nSPS) is 12.9. The van der Waals surface area contributed by atoms with Crippen molar-refractivity contribution in [3.05, 3.63) is 53.6 Å². The highest BCUT2D eigenvalue weighted by Gasteiger charge is 2.16. The summed E-state index contributed by atoms with van der Waals surface area (Å²) >= 11 is 0. The SMILES string of the molecule is Cc1ccc(N(NC2=NCCN2)c2cccc(O)c2)c(C)c1.Cl. The van der Waals surface area contributed by atoms with Gasteiger partial charge in [0.05, 0.1) is 17.9 Å². The Kier molecular flexibility index (Phi) is 5.34. The zero-order valence-corrected chi connectivity index (χ0v) is 14.0. The number of aryl methyl sites for hydroxylation is 2. The van der Waals surface area contributed by atoms with E-state index in [1.54, 1.807) is 12.1 Å². The van der Waals surface area contributed by atoms with Gasteiger partial charge >= 0.3 is 0 Å². The number of halogens is 1. The van der Waals surface area contributed by atoms with Gasteiger partial charge in [-0.2, -0.15) is 0 Å². The lowest BCUT2D eigenvalue weighted by Gasteiger charge is -2.28. The Bertz CT molecular complexity index is 717. The monoisotopic (exact) mass is 332 g/mol. The van der Waals surface area contributed by atoms with Crippen LogP contribution in [-0.2, 0) is 0 Å². The van der Waals surface area contributed by atoms with Crippen LogP contribution >= 0.6 is 12.4 Å². The van der Waals surface area contributed by atoms with Crippen molar-refractivity contribution in [2.24, 2.45) is 4.99 Å². The summed E-state index contributed by atoms with van der Waals surface area (Å²) in [5, 5.41) is 14.9. The van der Waals surface area contributed by atoms with Crippen molar-refractivity contribution in [2.45, 2.75) is 13.8 Å². The van der Waals surface area contributed by atoms with Gasteiger partial charge in [0.2, 0.25) is 5.96 Å². The van der Waals surface area contributed by atoms with E-state index >= 15 is 0 Å². The highest BCUT2D eigenvalue weighted by Crippen LogP contribution is 2.29. The number of hydrogen-bond donors (Lipinski definition) is 3. The molecule has 2 aromatic rings. The molecule has 0 unspecified atom stereocenters. The summed E-state index contributed by atoms with van der Waals surface area (Å²) in [6, 6.07) is 13.4. The van der Waals surface area contributed by atoms with Crippen molar-refractivity contribution in [3.8, 4) is 5.75 Å². The fourth-order valence-corrected chi connectivity index (χ4v) is 2.53. The van der Waals surface area contributed by atoms with Crippen LogP contribution in [0.4, 0.5) is 11.4 Å².